The Morgan fingerprint density at radius 2 is 2.05 bits per heavy atom. The predicted molar refractivity (Wildman–Crippen MR) is 85.4 cm³/mol. The molecule has 0 radical (unpaired) electrons. The van der Waals surface area contributed by atoms with Crippen molar-refractivity contribution in [3.63, 3.8) is 0 Å². The third-order valence-corrected chi connectivity index (χ3v) is 4.85. The Balaban J connectivity index is 1.96. The van der Waals surface area contributed by atoms with Crippen LogP contribution in [-0.2, 0) is 15.0 Å². The Morgan fingerprint density at radius 3 is 2.77 bits per heavy atom. The van der Waals surface area contributed by atoms with Crippen molar-refractivity contribution in [2.75, 3.05) is 19.6 Å². The van der Waals surface area contributed by atoms with Crippen LogP contribution >= 0.6 is 0 Å². The minimum atomic E-state index is -0.0433. The molecule has 0 spiro atoms. The summed E-state index contributed by atoms with van der Waals surface area (Å²) in [5, 5.41) is 0. The van der Waals surface area contributed by atoms with Crippen LogP contribution in [-0.4, -0.2) is 41.2 Å². The number of hydrogen-bond donors (Lipinski definition) is 0. The van der Waals surface area contributed by atoms with Crippen LogP contribution in [0.15, 0.2) is 24.3 Å². The van der Waals surface area contributed by atoms with Gasteiger partial charge in [-0.15, -0.1) is 0 Å². The number of nitrogens with zero attached hydrogens (tertiary/aromatic N) is 2. The first-order valence-electron chi connectivity index (χ1n) is 8.10. The number of benzene rings is 1. The van der Waals surface area contributed by atoms with Crippen LogP contribution in [0.25, 0.3) is 0 Å². The van der Waals surface area contributed by atoms with Crippen LogP contribution < -0.4 is 0 Å². The topological polar surface area (TPSA) is 40.6 Å². The molecule has 0 aliphatic carbocycles. The lowest BCUT2D eigenvalue weighted by atomic mass is 9.75. The summed E-state index contributed by atoms with van der Waals surface area (Å²) < 4.78 is 0. The Kier molecular flexibility index (Phi) is 3.71. The summed E-state index contributed by atoms with van der Waals surface area (Å²) in [6, 6.07) is 8.35. The average Bonchev–Trinajstić information content (AvgIpc) is 2.48. The van der Waals surface area contributed by atoms with Crippen LogP contribution in [0.2, 0.25) is 0 Å². The van der Waals surface area contributed by atoms with Gasteiger partial charge < -0.3 is 9.80 Å². The Hall–Kier alpha value is -1.84. The Morgan fingerprint density at radius 1 is 1.32 bits per heavy atom. The number of carbonyl (C=O) groups excluding carboxylic acids is 2. The molecule has 0 saturated carbocycles. The zero-order valence-electron chi connectivity index (χ0n) is 13.6. The maximum Gasteiger partial charge on any atom is 0.242 e. The largest absolute Gasteiger partial charge is 0.331 e. The second-order valence-corrected chi connectivity index (χ2v) is 7.03. The van der Waals surface area contributed by atoms with Crippen LogP contribution in [0.4, 0.5) is 0 Å². The molecule has 1 saturated heterocycles. The van der Waals surface area contributed by atoms with Crippen molar-refractivity contribution in [2.24, 2.45) is 0 Å². The van der Waals surface area contributed by atoms with Crippen LogP contribution in [0.5, 0.6) is 0 Å². The molecular formula is C18H24N2O2. The molecule has 0 N–H and O–H groups in total. The van der Waals surface area contributed by atoms with Gasteiger partial charge in [-0.05, 0) is 17.5 Å². The molecule has 2 amide bonds. The molecule has 1 atom stereocenters. The van der Waals surface area contributed by atoms with E-state index < -0.39 is 0 Å². The maximum absolute atomic E-state index is 12.6. The molecule has 0 bridgehead atoms. The molecule has 3 rings (SSSR count). The summed E-state index contributed by atoms with van der Waals surface area (Å²) in [5.74, 6) is 0.168. The van der Waals surface area contributed by atoms with Gasteiger partial charge in [-0.3, -0.25) is 9.59 Å². The molecule has 4 heteroatoms. The lowest BCUT2D eigenvalue weighted by molar-refractivity contribution is -0.150. The number of amides is 2. The van der Waals surface area contributed by atoms with Crippen molar-refractivity contribution in [3.8, 4) is 0 Å². The van der Waals surface area contributed by atoms with Crippen molar-refractivity contribution >= 4 is 11.8 Å². The highest BCUT2D eigenvalue weighted by molar-refractivity contribution is 5.87. The monoisotopic (exact) mass is 300 g/mol. The summed E-state index contributed by atoms with van der Waals surface area (Å²) in [6.07, 6.45) is 1.34. The lowest BCUT2D eigenvalue weighted by Gasteiger charge is -2.49. The van der Waals surface area contributed by atoms with Crippen molar-refractivity contribution in [1.82, 2.24) is 9.80 Å². The molecule has 118 valence electrons. The number of hydrogen-bond acceptors (Lipinski definition) is 2. The van der Waals surface area contributed by atoms with Crippen molar-refractivity contribution in [2.45, 2.75) is 45.1 Å². The van der Waals surface area contributed by atoms with E-state index in [0.29, 0.717) is 13.0 Å². The molecule has 2 heterocycles. The standard InChI is InChI=1S/C18H24N2O2/c1-4-7-16(21)19-10-15-13-8-5-6-9-14(13)18(2,3)12-20(15)17(22)11-19/h5-6,8-9,15H,4,7,10-12H2,1-3H3. The zero-order valence-corrected chi connectivity index (χ0v) is 13.6. The van der Waals surface area contributed by atoms with Crippen LogP contribution in [0, 0.1) is 0 Å². The molecule has 1 unspecified atom stereocenters. The SMILES string of the molecule is CCCC(=O)N1CC(=O)N2CC(C)(C)c3ccccc3C2C1. The molecule has 0 aromatic heterocycles. The predicted octanol–water partition coefficient (Wildman–Crippen LogP) is 2.49. The third-order valence-electron chi connectivity index (χ3n) is 4.85. The molecule has 2 aliphatic heterocycles. The molecule has 1 fully saturated rings. The van der Waals surface area contributed by atoms with Gasteiger partial charge in [0.2, 0.25) is 11.8 Å². The highest BCUT2D eigenvalue weighted by Gasteiger charge is 2.43. The summed E-state index contributed by atoms with van der Waals surface area (Å²) >= 11 is 0. The fraction of sp³-hybridized carbons (Fsp3) is 0.556. The fourth-order valence-electron chi connectivity index (χ4n) is 3.74. The molecule has 1 aromatic carbocycles. The van der Waals surface area contributed by atoms with E-state index in [4.69, 9.17) is 0 Å². The van der Waals surface area contributed by atoms with Crippen molar-refractivity contribution in [1.29, 1.82) is 0 Å². The lowest BCUT2D eigenvalue weighted by Crippen LogP contribution is -2.58. The number of piperazine rings is 1. The van der Waals surface area contributed by atoms with Crippen LogP contribution in [0.3, 0.4) is 0 Å². The third kappa shape index (κ3) is 2.40. The number of carbonyl (C=O) groups is 2. The number of rotatable bonds is 2. The van der Waals surface area contributed by atoms with E-state index in [0.717, 1.165) is 13.0 Å². The zero-order chi connectivity index (χ0) is 15.9. The van der Waals surface area contributed by atoms with Gasteiger partial charge >= 0.3 is 0 Å². The van der Waals surface area contributed by atoms with Gasteiger partial charge in [-0.25, -0.2) is 0 Å². The van der Waals surface area contributed by atoms with Crippen molar-refractivity contribution in [3.05, 3.63) is 35.4 Å². The quantitative estimate of drug-likeness (QED) is 0.842. The molecule has 2 aliphatic rings. The van der Waals surface area contributed by atoms with Gasteiger partial charge in [0.25, 0.3) is 0 Å². The molecule has 22 heavy (non-hydrogen) atoms. The Labute approximate surface area is 132 Å². The van der Waals surface area contributed by atoms with Gasteiger partial charge in [0.15, 0.2) is 0 Å². The maximum atomic E-state index is 12.6. The Bertz CT molecular complexity index is 609. The van der Waals surface area contributed by atoms with E-state index >= 15 is 0 Å². The van der Waals surface area contributed by atoms with E-state index in [1.54, 1.807) is 4.90 Å². The molecular weight excluding hydrogens is 276 g/mol. The average molecular weight is 300 g/mol. The van der Waals surface area contributed by atoms with Crippen LogP contribution in [0.1, 0.15) is 50.8 Å². The summed E-state index contributed by atoms with van der Waals surface area (Å²) in [5.41, 5.74) is 2.45. The summed E-state index contributed by atoms with van der Waals surface area (Å²) in [6.45, 7) is 7.94. The minimum Gasteiger partial charge on any atom is -0.331 e. The first-order valence-corrected chi connectivity index (χ1v) is 8.10. The molecule has 1 aromatic rings. The summed E-state index contributed by atoms with van der Waals surface area (Å²) in [4.78, 5) is 28.5. The second-order valence-electron chi connectivity index (χ2n) is 7.03. The van der Waals surface area contributed by atoms with Gasteiger partial charge in [-0.1, -0.05) is 45.0 Å². The van der Waals surface area contributed by atoms with E-state index in [9.17, 15) is 9.59 Å². The highest BCUT2D eigenvalue weighted by Crippen LogP contribution is 2.41. The van der Waals surface area contributed by atoms with Gasteiger partial charge in [0.05, 0.1) is 12.6 Å². The smallest absolute Gasteiger partial charge is 0.242 e. The van der Waals surface area contributed by atoms with Gasteiger partial charge in [0, 0.05) is 24.9 Å². The van der Waals surface area contributed by atoms with E-state index in [2.05, 4.69) is 32.0 Å². The fourth-order valence-corrected chi connectivity index (χ4v) is 3.74. The van der Waals surface area contributed by atoms with E-state index in [1.807, 2.05) is 17.9 Å². The highest BCUT2D eigenvalue weighted by atomic mass is 16.2. The van der Waals surface area contributed by atoms with E-state index in [-0.39, 0.29) is 29.8 Å². The first kappa shape index (κ1) is 15.1. The minimum absolute atomic E-state index is 0.00582. The molecule has 4 nitrogen and oxygen atoms in total. The first-order chi connectivity index (χ1) is 10.4. The van der Waals surface area contributed by atoms with E-state index in [1.165, 1.54) is 11.1 Å². The summed E-state index contributed by atoms with van der Waals surface area (Å²) in [7, 11) is 0. The number of fused-ring (bicyclic) bond motifs is 3. The van der Waals surface area contributed by atoms with Gasteiger partial charge in [0.1, 0.15) is 0 Å². The normalized spacial score (nSPS) is 23.0. The second kappa shape index (κ2) is 5.41. The van der Waals surface area contributed by atoms with Gasteiger partial charge in [-0.2, -0.15) is 0 Å². The van der Waals surface area contributed by atoms with Crippen molar-refractivity contribution < 1.29 is 9.59 Å².